The van der Waals surface area contributed by atoms with Crippen LogP contribution in [0.1, 0.15) is 28.6 Å². The highest BCUT2D eigenvalue weighted by molar-refractivity contribution is 5.38. The molecule has 1 atom stereocenters. The lowest BCUT2D eigenvalue weighted by molar-refractivity contribution is 0.547. The molecule has 2 aromatic rings. The van der Waals surface area contributed by atoms with Gasteiger partial charge in [0, 0.05) is 18.7 Å². The minimum atomic E-state index is -0.487. The van der Waals surface area contributed by atoms with Gasteiger partial charge in [0.2, 0.25) is 0 Å². The predicted molar refractivity (Wildman–Crippen MR) is 63.3 cm³/mol. The summed E-state index contributed by atoms with van der Waals surface area (Å²) in [5.41, 5.74) is 2.85. The molecule has 0 saturated carbocycles. The molecule has 1 unspecified atom stereocenters. The number of hydrogen-bond donors (Lipinski definition) is 2. The fraction of sp³-hybridized carbons (Fsp3) is 0.231. The lowest BCUT2D eigenvalue weighted by Gasteiger charge is -2.23. The van der Waals surface area contributed by atoms with Crippen molar-refractivity contribution in [3.63, 3.8) is 0 Å². The standard InChI is InChI=1S/C13H11FN4/c14-10-5-8(1-2-9(10)6-15)12-13-11(3-4-16-12)17-7-18-13/h1-2,5,7,12,16H,3-4H2,(H,17,18). The molecule has 3 rings (SSSR count). The van der Waals surface area contributed by atoms with Crippen LogP contribution < -0.4 is 5.32 Å². The minimum Gasteiger partial charge on any atom is -0.348 e. The molecule has 0 spiro atoms. The van der Waals surface area contributed by atoms with Crippen molar-refractivity contribution in [1.29, 1.82) is 5.26 Å². The van der Waals surface area contributed by atoms with Crippen LogP contribution in [-0.4, -0.2) is 16.5 Å². The Morgan fingerprint density at radius 2 is 2.33 bits per heavy atom. The number of aromatic amines is 1. The van der Waals surface area contributed by atoms with Crippen LogP contribution in [0.5, 0.6) is 0 Å². The summed E-state index contributed by atoms with van der Waals surface area (Å²) in [4.78, 5) is 7.38. The molecule has 1 aliphatic rings. The van der Waals surface area contributed by atoms with Crippen molar-refractivity contribution < 1.29 is 4.39 Å². The largest absolute Gasteiger partial charge is 0.348 e. The van der Waals surface area contributed by atoms with Gasteiger partial charge in [0.05, 0.1) is 23.6 Å². The first-order valence-electron chi connectivity index (χ1n) is 5.74. The highest BCUT2D eigenvalue weighted by Gasteiger charge is 2.24. The number of imidazole rings is 1. The molecule has 18 heavy (non-hydrogen) atoms. The number of nitrogens with one attached hydrogen (secondary N) is 2. The van der Waals surface area contributed by atoms with E-state index >= 15 is 0 Å². The average molecular weight is 242 g/mol. The van der Waals surface area contributed by atoms with Crippen LogP contribution in [0.2, 0.25) is 0 Å². The topological polar surface area (TPSA) is 64.5 Å². The Hall–Kier alpha value is -2.19. The SMILES string of the molecule is N#Cc1ccc(C2NCCc3[nH]cnc32)cc1F. The molecule has 0 radical (unpaired) electrons. The Morgan fingerprint density at radius 1 is 1.44 bits per heavy atom. The maximum absolute atomic E-state index is 13.6. The van der Waals surface area contributed by atoms with Crippen LogP contribution in [0.15, 0.2) is 24.5 Å². The normalized spacial score (nSPS) is 18.1. The molecule has 2 heterocycles. The second-order valence-corrected chi connectivity index (χ2v) is 4.25. The Kier molecular flexibility index (Phi) is 2.58. The molecule has 0 fully saturated rings. The van der Waals surface area contributed by atoms with Gasteiger partial charge in [0.25, 0.3) is 0 Å². The third-order valence-corrected chi connectivity index (χ3v) is 3.20. The van der Waals surface area contributed by atoms with Gasteiger partial charge in [0.15, 0.2) is 0 Å². The number of rotatable bonds is 1. The van der Waals surface area contributed by atoms with Gasteiger partial charge in [-0.05, 0) is 17.7 Å². The third-order valence-electron chi connectivity index (χ3n) is 3.20. The van der Waals surface area contributed by atoms with Crippen LogP contribution in [0.3, 0.4) is 0 Å². The summed E-state index contributed by atoms with van der Waals surface area (Å²) in [6.45, 7) is 0.821. The third kappa shape index (κ3) is 1.67. The van der Waals surface area contributed by atoms with Gasteiger partial charge in [-0.25, -0.2) is 9.37 Å². The summed E-state index contributed by atoms with van der Waals surface area (Å²) in [5, 5.41) is 12.0. The minimum absolute atomic E-state index is 0.0665. The van der Waals surface area contributed by atoms with E-state index < -0.39 is 5.82 Å². The molecule has 0 amide bonds. The summed E-state index contributed by atoms with van der Waals surface area (Å²) in [7, 11) is 0. The van der Waals surface area contributed by atoms with Gasteiger partial charge in [0.1, 0.15) is 11.9 Å². The zero-order chi connectivity index (χ0) is 12.5. The van der Waals surface area contributed by atoms with Gasteiger partial charge >= 0.3 is 0 Å². The van der Waals surface area contributed by atoms with E-state index in [1.807, 2.05) is 6.07 Å². The summed E-state index contributed by atoms with van der Waals surface area (Å²) < 4.78 is 13.6. The van der Waals surface area contributed by atoms with Crippen LogP contribution in [0.4, 0.5) is 4.39 Å². The van der Waals surface area contributed by atoms with E-state index in [2.05, 4.69) is 15.3 Å². The monoisotopic (exact) mass is 242 g/mol. The Bertz CT molecular complexity index is 626. The zero-order valence-corrected chi connectivity index (χ0v) is 9.57. The highest BCUT2D eigenvalue weighted by atomic mass is 19.1. The molecule has 1 aromatic carbocycles. The number of halogens is 1. The van der Waals surface area contributed by atoms with E-state index in [0.29, 0.717) is 0 Å². The first kappa shape index (κ1) is 10.9. The molecule has 0 saturated heterocycles. The molecule has 0 bridgehead atoms. The van der Waals surface area contributed by atoms with Crippen LogP contribution in [0, 0.1) is 17.1 Å². The summed E-state index contributed by atoms with van der Waals surface area (Å²) in [6, 6.07) is 6.39. The quantitative estimate of drug-likeness (QED) is 0.799. The summed E-state index contributed by atoms with van der Waals surface area (Å²) in [6.07, 6.45) is 2.55. The Morgan fingerprint density at radius 3 is 3.11 bits per heavy atom. The number of benzene rings is 1. The van der Waals surface area contributed by atoms with E-state index in [9.17, 15) is 4.39 Å². The lowest BCUT2D eigenvalue weighted by Crippen LogP contribution is -2.30. The number of aromatic nitrogens is 2. The van der Waals surface area contributed by atoms with Crippen molar-refractivity contribution >= 4 is 0 Å². The summed E-state index contributed by atoms with van der Waals surface area (Å²) >= 11 is 0. The maximum Gasteiger partial charge on any atom is 0.141 e. The van der Waals surface area contributed by atoms with Crippen LogP contribution in [-0.2, 0) is 6.42 Å². The van der Waals surface area contributed by atoms with Crippen molar-refractivity contribution in [2.75, 3.05) is 6.54 Å². The number of hydrogen-bond acceptors (Lipinski definition) is 3. The molecule has 1 aliphatic heterocycles. The molecular weight excluding hydrogens is 231 g/mol. The molecular formula is C13H11FN4. The van der Waals surface area contributed by atoms with Gasteiger partial charge in [-0.3, -0.25) is 0 Å². The molecule has 0 aliphatic carbocycles. The second-order valence-electron chi connectivity index (χ2n) is 4.25. The highest BCUT2D eigenvalue weighted by Crippen LogP contribution is 2.27. The van der Waals surface area contributed by atoms with Crippen molar-refractivity contribution in [2.45, 2.75) is 12.5 Å². The number of nitriles is 1. The van der Waals surface area contributed by atoms with Crippen molar-refractivity contribution in [1.82, 2.24) is 15.3 Å². The first-order valence-corrected chi connectivity index (χ1v) is 5.74. The molecule has 5 heteroatoms. The molecule has 1 aromatic heterocycles. The van der Waals surface area contributed by atoms with Crippen molar-refractivity contribution in [3.8, 4) is 6.07 Å². The predicted octanol–water partition coefficient (Wildman–Crippen LogP) is 1.66. The average Bonchev–Trinajstić information content (AvgIpc) is 2.86. The van der Waals surface area contributed by atoms with E-state index in [0.717, 1.165) is 29.9 Å². The fourth-order valence-electron chi connectivity index (χ4n) is 2.30. The Balaban J connectivity index is 2.03. The maximum atomic E-state index is 13.6. The number of fused-ring (bicyclic) bond motifs is 1. The van der Waals surface area contributed by atoms with E-state index in [1.165, 1.54) is 12.1 Å². The van der Waals surface area contributed by atoms with Gasteiger partial charge < -0.3 is 10.3 Å². The van der Waals surface area contributed by atoms with E-state index in [4.69, 9.17) is 5.26 Å². The zero-order valence-electron chi connectivity index (χ0n) is 9.57. The molecule has 90 valence electrons. The lowest BCUT2D eigenvalue weighted by atomic mass is 9.97. The molecule has 2 N–H and O–H groups in total. The molecule has 4 nitrogen and oxygen atoms in total. The van der Waals surface area contributed by atoms with Gasteiger partial charge in [-0.15, -0.1) is 0 Å². The second kappa shape index (κ2) is 4.24. The van der Waals surface area contributed by atoms with E-state index in [1.54, 1.807) is 12.4 Å². The fourth-order valence-corrected chi connectivity index (χ4v) is 2.30. The van der Waals surface area contributed by atoms with Crippen molar-refractivity contribution in [3.05, 3.63) is 52.9 Å². The van der Waals surface area contributed by atoms with E-state index in [-0.39, 0.29) is 11.6 Å². The first-order chi connectivity index (χ1) is 8.79. The van der Waals surface area contributed by atoms with Gasteiger partial charge in [-0.2, -0.15) is 5.26 Å². The van der Waals surface area contributed by atoms with Crippen molar-refractivity contribution in [2.24, 2.45) is 0 Å². The van der Waals surface area contributed by atoms with Crippen LogP contribution in [0.25, 0.3) is 0 Å². The Labute approximate surface area is 103 Å². The van der Waals surface area contributed by atoms with Crippen LogP contribution >= 0.6 is 0 Å². The summed E-state index contributed by atoms with van der Waals surface area (Å²) in [5.74, 6) is -0.487. The smallest absolute Gasteiger partial charge is 0.141 e. The number of H-pyrrole nitrogens is 1. The van der Waals surface area contributed by atoms with Gasteiger partial charge in [-0.1, -0.05) is 6.07 Å². The number of nitrogens with zero attached hydrogens (tertiary/aromatic N) is 2.